The number of nitrogens with zero attached hydrogens (tertiary/aromatic N) is 7. The Hall–Kier alpha value is -4.94. The van der Waals surface area contributed by atoms with Crippen molar-refractivity contribution in [3.8, 4) is 16.9 Å². The van der Waals surface area contributed by atoms with Gasteiger partial charge in [-0.1, -0.05) is 32.0 Å². The number of pyridine rings is 1. The van der Waals surface area contributed by atoms with Crippen molar-refractivity contribution >= 4 is 28.7 Å². The third-order valence-corrected chi connectivity index (χ3v) is 6.93. The van der Waals surface area contributed by atoms with Crippen LogP contribution in [0.25, 0.3) is 28.0 Å². The smallest absolute Gasteiger partial charge is 0.335 e. The molecule has 1 aromatic carbocycles. The predicted octanol–water partition coefficient (Wildman–Crippen LogP) is 4.55. The lowest BCUT2D eigenvalue weighted by atomic mass is 9.96. The zero-order valence-electron chi connectivity index (χ0n) is 23.0. The van der Waals surface area contributed by atoms with Crippen molar-refractivity contribution in [3.05, 3.63) is 71.4 Å². The minimum absolute atomic E-state index is 0.0752. The molecule has 4 aromatic rings. The molecule has 214 valence electrons. The Morgan fingerprint density at radius 3 is 2.41 bits per heavy atom. The highest BCUT2D eigenvalue weighted by molar-refractivity contribution is 6.02. The third-order valence-electron chi connectivity index (χ3n) is 6.93. The molecule has 5 rings (SSSR count). The van der Waals surface area contributed by atoms with Gasteiger partial charge in [-0.25, -0.2) is 24.1 Å². The molecule has 0 aliphatic carbocycles. The molecular formula is C28H30FN7O5. The molecule has 0 saturated carbocycles. The summed E-state index contributed by atoms with van der Waals surface area (Å²) in [7, 11) is 0. The van der Waals surface area contributed by atoms with Crippen LogP contribution in [0.3, 0.4) is 0 Å². The standard InChI is InChI=1S/C28H29FN6O3.HNO2/c1-17(2)26(36)35-12-11-33(15-28(35,3)4)24-23-20(19-7-5-6-8-21(19)29)14-34(25(23)32-16-31-24)22-13-18(27(37)38)9-10-30-22;2-1-3/h5-10,13-14,16-17H,11-12,15H2,1-4H3,(H,37,38);(H,2,3). The van der Waals surface area contributed by atoms with E-state index in [0.29, 0.717) is 53.4 Å². The molecule has 0 spiro atoms. The van der Waals surface area contributed by atoms with E-state index in [9.17, 15) is 14.7 Å². The molecule has 2 N–H and O–H groups in total. The SMILES string of the molecule is CC(C)C(=O)N1CCN(c2ncnc3c2c(-c2ccccc2F)cn3-c2cc(C(=O)O)ccn2)CC1(C)C.O=NO. The number of benzene rings is 1. The first kappa shape index (κ1) is 29.1. The normalized spacial score (nSPS) is 14.5. The number of fused-ring (bicyclic) bond motifs is 1. The summed E-state index contributed by atoms with van der Waals surface area (Å²) < 4.78 is 16.8. The number of halogens is 1. The van der Waals surface area contributed by atoms with E-state index in [1.807, 2.05) is 32.6 Å². The van der Waals surface area contributed by atoms with Crippen LogP contribution >= 0.6 is 0 Å². The van der Waals surface area contributed by atoms with E-state index in [1.165, 1.54) is 36.1 Å². The second kappa shape index (κ2) is 11.7. The number of amides is 1. The van der Waals surface area contributed by atoms with E-state index in [4.69, 9.17) is 10.1 Å². The number of carboxylic acids is 1. The van der Waals surface area contributed by atoms with Gasteiger partial charge >= 0.3 is 5.97 Å². The van der Waals surface area contributed by atoms with E-state index in [-0.39, 0.29) is 17.4 Å². The first-order chi connectivity index (χ1) is 19.5. The maximum absolute atomic E-state index is 15.1. The summed E-state index contributed by atoms with van der Waals surface area (Å²) in [5.74, 6) is -0.527. The van der Waals surface area contributed by atoms with Gasteiger partial charge < -0.3 is 20.1 Å². The van der Waals surface area contributed by atoms with Crippen molar-refractivity contribution in [1.29, 1.82) is 0 Å². The van der Waals surface area contributed by atoms with Crippen LogP contribution < -0.4 is 4.90 Å². The highest BCUT2D eigenvalue weighted by Crippen LogP contribution is 2.39. The molecule has 4 heterocycles. The van der Waals surface area contributed by atoms with Gasteiger partial charge in [0.1, 0.15) is 23.8 Å². The molecule has 1 amide bonds. The van der Waals surface area contributed by atoms with E-state index < -0.39 is 17.3 Å². The zero-order valence-corrected chi connectivity index (χ0v) is 23.0. The van der Waals surface area contributed by atoms with Gasteiger partial charge in [0, 0.05) is 49.1 Å². The lowest BCUT2D eigenvalue weighted by molar-refractivity contribution is -0.140. The van der Waals surface area contributed by atoms with Gasteiger partial charge in [-0.05, 0) is 32.0 Å². The second-order valence-electron chi connectivity index (χ2n) is 10.5. The van der Waals surface area contributed by atoms with Crippen LogP contribution in [0.5, 0.6) is 0 Å². The summed E-state index contributed by atoms with van der Waals surface area (Å²) in [5, 5.41) is 18.0. The number of anilines is 1. The molecule has 1 saturated heterocycles. The third kappa shape index (κ3) is 5.69. The molecular weight excluding hydrogens is 533 g/mol. The van der Waals surface area contributed by atoms with E-state index in [1.54, 1.807) is 29.0 Å². The van der Waals surface area contributed by atoms with Crippen molar-refractivity contribution in [2.45, 2.75) is 33.2 Å². The first-order valence-corrected chi connectivity index (χ1v) is 12.8. The predicted molar refractivity (Wildman–Crippen MR) is 149 cm³/mol. The van der Waals surface area contributed by atoms with Crippen molar-refractivity contribution < 1.29 is 24.3 Å². The zero-order chi connectivity index (χ0) is 29.9. The largest absolute Gasteiger partial charge is 0.478 e. The lowest BCUT2D eigenvalue weighted by Crippen LogP contribution is -2.62. The second-order valence-corrected chi connectivity index (χ2v) is 10.5. The highest BCUT2D eigenvalue weighted by atomic mass is 19.1. The van der Waals surface area contributed by atoms with Crippen LogP contribution in [0.1, 0.15) is 38.1 Å². The molecule has 0 atom stereocenters. The minimum Gasteiger partial charge on any atom is -0.478 e. The number of rotatable bonds is 5. The number of carboxylic acid groups (broad SMARTS) is 1. The molecule has 41 heavy (non-hydrogen) atoms. The summed E-state index contributed by atoms with van der Waals surface area (Å²) >= 11 is 0. The van der Waals surface area contributed by atoms with Crippen LogP contribution in [0, 0.1) is 16.6 Å². The monoisotopic (exact) mass is 563 g/mol. The fourth-order valence-electron chi connectivity index (χ4n) is 5.08. The van der Waals surface area contributed by atoms with Gasteiger partial charge in [0.25, 0.3) is 0 Å². The summed E-state index contributed by atoms with van der Waals surface area (Å²) in [6.45, 7) is 9.44. The van der Waals surface area contributed by atoms with Crippen LogP contribution in [0.2, 0.25) is 0 Å². The maximum Gasteiger partial charge on any atom is 0.335 e. The number of aromatic nitrogens is 4. The molecule has 1 fully saturated rings. The number of carbonyl (C=O) groups is 2. The Morgan fingerprint density at radius 1 is 1.07 bits per heavy atom. The van der Waals surface area contributed by atoms with Gasteiger partial charge in [-0.2, -0.15) is 0 Å². The van der Waals surface area contributed by atoms with E-state index in [2.05, 4.69) is 19.9 Å². The number of hydrogen-bond donors (Lipinski definition) is 2. The van der Waals surface area contributed by atoms with Gasteiger partial charge in [-0.3, -0.25) is 9.36 Å². The van der Waals surface area contributed by atoms with E-state index >= 15 is 4.39 Å². The summed E-state index contributed by atoms with van der Waals surface area (Å²) in [4.78, 5) is 50.1. The Balaban J connectivity index is 0.00000124. The van der Waals surface area contributed by atoms with Crippen LogP contribution in [-0.2, 0) is 4.79 Å². The van der Waals surface area contributed by atoms with Crippen molar-refractivity contribution in [2.24, 2.45) is 11.3 Å². The maximum atomic E-state index is 15.1. The Kier molecular flexibility index (Phi) is 8.26. The molecule has 13 heteroatoms. The molecule has 12 nitrogen and oxygen atoms in total. The Bertz CT molecular complexity index is 1600. The summed E-state index contributed by atoms with van der Waals surface area (Å²) in [6.07, 6.45) is 4.58. The molecule has 1 aliphatic heterocycles. The molecule has 3 aromatic heterocycles. The van der Waals surface area contributed by atoms with Crippen molar-refractivity contribution in [1.82, 2.24) is 24.4 Å². The summed E-state index contributed by atoms with van der Waals surface area (Å²) in [6, 6.07) is 9.33. The van der Waals surface area contributed by atoms with Crippen LogP contribution in [-0.4, -0.2) is 71.8 Å². The Morgan fingerprint density at radius 2 is 1.78 bits per heavy atom. The lowest BCUT2D eigenvalue weighted by Gasteiger charge is -2.48. The van der Waals surface area contributed by atoms with E-state index in [0.717, 1.165) is 0 Å². The van der Waals surface area contributed by atoms with Crippen molar-refractivity contribution in [2.75, 3.05) is 24.5 Å². The number of aromatic carboxylic acids is 1. The number of hydrogen-bond acceptors (Lipinski definition) is 8. The molecule has 0 bridgehead atoms. The quantitative estimate of drug-likeness (QED) is 0.263. The minimum atomic E-state index is -1.08. The Labute approximate surface area is 235 Å². The van der Waals surface area contributed by atoms with Gasteiger partial charge in [0.05, 0.1) is 16.5 Å². The average Bonchev–Trinajstić information content (AvgIpc) is 3.32. The molecule has 0 radical (unpaired) electrons. The fourth-order valence-corrected chi connectivity index (χ4v) is 5.08. The highest BCUT2D eigenvalue weighted by Gasteiger charge is 2.38. The van der Waals surface area contributed by atoms with Gasteiger partial charge in [0.2, 0.25) is 5.91 Å². The number of piperazine rings is 1. The average molecular weight is 564 g/mol. The van der Waals surface area contributed by atoms with Crippen LogP contribution in [0.15, 0.2) is 60.5 Å². The molecule has 0 unspecified atom stereocenters. The van der Waals surface area contributed by atoms with Gasteiger partial charge in [-0.15, -0.1) is 4.91 Å². The first-order valence-electron chi connectivity index (χ1n) is 12.8. The molecule has 1 aliphatic rings. The topological polar surface area (TPSA) is 154 Å². The number of carbonyl (C=O) groups excluding carboxylic acids is 1. The summed E-state index contributed by atoms with van der Waals surface area (Å²) in [5.41, 5.74) is 1.02. The van der Waals surface area contributed by atoms with Crippen molar-refractivity contribution in [3.63, 3.8) is 0 Å². The van der Waals surface area contributed by atoms with Crippen LogP contribution in [0.4, 0.5) is 10.2 Å². The van der Waals surface area contributed by atoms with Gasteiger partial charge in [0.15, 0.2) is 11.0 Å². The fraction of sp³-hybridized carbons (Fsp3) is 0.321.